The molecular formula is C13H20N4O3. The van der Waals surface area contributed by atoms with Crippen LogP contribution >= 0.6 is 0 Å². The van der Waals surface area contributed by atoms with E-state index in [1.807, 2.05) is 11.9 Å². The van der Waals surface area contributed by atoms with Crippen LogP contribution in [0.2, 0.25) is 0 Å². The Labute approximate surface area is 117 Å². The molecule has 2 rings (SSSR count). The molecule has 0 bridgehead atoms. The number of H-pyrrole nitrogens is 1. The minimum absolute atomic E-state index is 0.161. The molecule has 110 valence electrons. The zero-order valence-electron chi connectivity index (χ0n) is 11.8. The predicted molar refractivity (Wildman–Crippen MR) is 74.9 cm³/mol. The van der Waals surface area contributed by atoms with E-state index >= 15 is 0 Å². The van der Waals surface area contributed by atoms with Crippen molar-refractivity contribution in [2.24, 2.45) is 0 Å². The number of anilines is 1. The summed E-state index contributed by atoms with van der Waals surface area (Å²) >= 11 is 0. The largest absolute Gasteiger partial charge is 0.450 e. The van der Waals surface area contributed by atoms with E-state index in [0.717, 1.165) is 12.8 Å². The average molecular weight is 280 g/mol. The molecule has 0 saturated carbocycles. The first-order valence-corrected chi connectivity index (χ1v) is 6.81. The highest BCUT2D eigenvalue weighted by molar-refractivity contribution is 5.67. The summed E-state index contributed by atoms with van der Waals surface area (Å²) in [5, 5.41) is 0. The van der Waals surface area contributed by atoms with Crippen LogP contribution in [0.1, 0.15) is 19.8 Å². The van der Waals surface area contributed by atoms with Crippen LogP contribution in [0.15, 0.2) is 17.1 Å². The van der Waals surface area contributed by atoms with Crippen molar-refractivity contribution in [2.45, 2.75) is 25.8 Å². The van der Waals surface area contributed by atoms with Crippen LogP contribution in [0.25, 0.3) is 0 Å². The lowest BCUT2D eigenvalue weighted by atomic mass is 10.0. The molecule has 1 aliphatic rings. The zero-order valence-corrected chi connectivity index (χ0v) is 11.8. The smallest absolute Gasteiger partial charge is 0.409 e. The molecule has 1 N–H and O–H groups in total. The fourth-order valence-electron chi connectivity index (χ4n) is 2.36. The van der Waals surface area contributed by atoms with Crippen LogP contribution in [0.3, 0.4) is 0 Å². The van der Waals surface area contributed by atoms with E-state index in [2.05, 4.69) is 9.97 Å². The number of carbonyl (C=O) groups is 1. The molecule has 1 fully saturated rings. The maximum atomic E-state index is 11.6. The van der Waals surface area contributed by atoms with Crippen molar-refractivity contribution in [3.63, 3.8) is 0 Å². The van der Waals surface area contributed by atoms with Gasteiger partial charge >= 0.3 is 6.09 Å². The molecule has 0 radical (unpaired) electrons. The van der Waals surface area contributed by atoms with Crippen LogP contribution in [0.4, 0.5) is 10.7 Å². The Kier molecular flexibility index (Phi) is 4.60. The topological polar surface area (TPSA) is 78.5 Å². The van der Waals surface area contributed by atoms with Crippen molar-refractivity contribution in [1.82, 2.24) is 14.9 Å². The Morgan fingerprint density at radius 3 is 2.85 bits per heavy atom. The van der Waals surface area contributed by atoms with Gasteiger partial charge in [0.25, 0.3) is 5.56 Å². The maximum absolute atomic E-state index is 11.6. The summed E-state index contributed by atoms with van der Waals surface area (Å²) < 4.78 is 4.99. The lowest BCUT2D eigenvalue weighted by molar-refractivity contribution is 0.0970. The highest BCUT2D eigenvalue weighted by Crippen LogP contribution is 2.18. The molecule has 1 aliphatic heterocycles. The highest BCUT2D eigenvalue weighted by atomic mass is 16.6. The molecule has 2 heterocycles. The molecule has 1 amide bonds. The van der Waals surface area contributed by atoms with Crippen molar-refractivity contribution in [3.05, 3.63) is 22.6 Å². The Morgan fingerprint density at radius 2 is 2.25 bits per heavy atom. The lowest BCUT2D eigenvalue weighted by Crippen LogP contribution is -2.46. The number of piperidine rings is 1. The third-order valence-corrected chi connectivity index (χ3v) is 3.53. The molecule has 0 atom stereocenters. The van der Waals surface area contributed by atoms with Crippen molar-refractivity contribution in [1.29, 1.82) is 0 Å². The van der Waals surface area contributed by atoms with Gasteiger partial charge in [0.2, 0.25) is 5.95 Å². The summed E-state index contributed by atoms with van der Waals surface area (Å²) in [4.78, 5) is 33.5. The number of ether oxygens (including phenoxy) is 1. The van der Waals surface area contributed by atoms with Gasteiger partial charge in [0.15, 0.2) is 0 Å². The third-order valence-electron chi connectivity index (χ3n) is 3.53. The van der Waals surface area contributed by atoms with Gasteiger partial charge in [-0.1, -0.05) is 0 Å². The Balaban J connectivity index is 1.93. The quantitative estimate of drug-likeness (QED) is 0.887. The van der Waals surface area contributed by atoms with E-state index in [4.69, 9.17) is 4.74 Å². The molecule has 0 unspecified atom stereocenters. The number of aromatic amines is 1. The summed E-state index contributed by atoms with van der Waals surface area (Å²) in [6.45, 7) is 3.51. The number of rotatable bonds is 3. The fraction of sp³-hybridized carbons (Fsp3) is 0.615. The first-order valence-electron chi connectivity index (χ1n) is 6.81. The normalized spacial score (nSPS) is 16.0. The van der Waals surface area contributed by atoms with Crippen LogP contribution in [0.5, 0.6) is 0 Å². The number of likely N-dealkylation sites (tertiary alicyclic amines) is 1. The van der Waals surface area contributed by atoms with Crippen molar-refractivity contribution < 1.29 is 9.53 Å². The molecule has 1 aromatic heterocycles. The SMILES string of the molecule is CCOC(=O)N1CCC(N(C)c2nccc(=O)[nH]2)CC1. The van der Waals surface area contributed by atoms with E-state index in [1.54, 1.807) is 11.8 Å². The van der Waals surface area contributed by atoms with Gasteiger partial charge in [-0.15, -0.1) is 0 Å². The summed E-state index contributed by atoms with van der Waals surface area (Å²) in [6.07, 6.45) is 2.90. The molecule has 7 nitrogen and oxygen atoms in total. The molecule has 0 spiro atoms. The molecule has 20 heavy (non-hydrogen) atoms. The van der Waals surface area contributed by atoms with Crippen LogP contribution in [-0.4, -0.2) is 53.7 Å². The second-order valence-electron chi connectivity index (χ2n) is 4.79. The van der Waals surface area contributed by atoms with Gasteiger partial charge in [-0.2, -0.15) is 0 Å². The number of nitrogens with zero attached hydrogens (tertiary/aromatic N) is 3. The minimum Gasteiger partial charge on any atom is -0.450 e. The summed E-state index contributed by atoms with van der Waals surface area (Å²) in [7, 11) is 1.91. The molecule has 0 aromatic carbocycles. The molecule has 7 heteroatoms. The number of nitrogens with one attached hydrogen (secondary N) is 1. The number of carbonyl (C=O) groups excluding carboxylic acids is 1. The number of hydrogen-bond donors (Lipinski definition) is 1. The predicted octanol–water partition coefficient (Wildman–Crippen LogP) is 0.827. The Hall–Kier alpha value is -2.05. The van der Waals surface area contributed by atoms with E-state index in [-0.39, 0.29) is 17.7 Å². The van der Waals surface area contributed by atoms with E-state index < -0.39 is 0 Å². The molecular weight excluding hydrogens is 260 g/mol. The van der Waals surface area contributed by atoms with E-state index in [1.165, 1.54) is 12.3 Å². The number of aromatic nitrogens is 2. The van der Waals surface area contributed by atoms with Gasteiger partial charge in [-0.3, -0.25) is 9.78 Å². The summed E-state index contributed by atoms with van der Waals surface area (Å²) in [6, 6.07) is 1.65. The van der Waals surface area contributed by atoms with E-state index in [9.17, 15) is 9.59 Å². The van der Waals surface area contributed by atoms with Gasteiger partial charge < -0.3 is 14.5 Å². The Bertz CT molecular complexity index is 508. The van der Waals surface area contributed by atoms with Gasteiger partial charge in [0, 0.05) is 38.4 Å². The average Bonchev–Trinajstić information content (AvgIpc) is 2.47. The maximum Gasteiger partial charge on any atom is 0.409 e. The second kappa shape index (κ2) is 6.40. The third kappa shape index (κ3) is 3.28. The minimum atomic E-state index is -0.250. The van der Waals surface area contributed by atoms with Crippen LogP contribution in [-0.2, 0) is 4.74 Å². The van der Waals surface area contributed by atoms with Gasteiger partial charge in [-0.25, -0.2) is 9.78 Å². The zero-order chi connectivity index (χ0) is 14.5. The standard InChI is InChI=1S/C13H20N4O3/c1-3-20-13(19)17-8-5-10(6-9-17)16(2)12-14-7-4-11(18)15-12/h4,7,10H,3,5-6,8-9H2,1-2H3,(H,14,15,18). The van der Waals surface area contributed by atoms with Gasteiger partial charge in [0.1, 0.15) is 0 Å². The number of amides is 1. The summed E-state index contributed by atoms with van der Waals surface area (Å²) in [5.74, 6) is 0.562. The Morgan fingerprint density at radius 1 is 1.55 bits per heavy atom. The molecule has 1 aromatic rings. The first kappa shape index (κ1) is 14.4. The monoisotopic (exact) mass is 280 g/mol. The second-order valence-corrected chi connectivity index (χ2v) is 4.79. The van der Waals surface area contributed by atoms with Crippen molar-refractivity contribution >= 4 is 12.0 Å². The fourth-order valence-corrected chi connectivity index (χ4v) is 2.36. The van der Waals surface area contributed by atoms with Crippen molar-refractivity contribution in [3.8, 4) is 0 Å². The van der Waals surface area contributed by atoms with Gasteiger partial charge in [0.05, 0.1) is 6.61 Å². The first-order chi connectivity index (χ1) is 9.61. The van der Waals surface area contributed by atoms with Crippen LogP contribution in [0, 0.1) is 0 Å². The molecule has 0 aliphatic carbocycles. The highest BCUT2D eigenvalue weighted by Gasteiger charge is 2.26. The van der Waals surface area contributed by atoms with Crippen molar-refractivity contribution in [2.75, 3.05) is 31.6 Å². The van der Waals surface area contributed by atoms with Crippen LogP contribution < -0.4 is 10.5 Å². The lowest BCUT2D eigenvalue weighted by Gasteiger charge is -2.36. The van der Waals surface area contributed by atoms with E-state index in [0.29, 0.717) is 25.6 Å². The summed E-state index contributed by atoms with van der Waals surface area (Å²) in [5.41, 5.74) is -0.161. The van der Waals surface area contributed by atoms with Gasteiger partial charge in [-0.05, 0) is 19.8 Å². The number of hydrogen-bond acceptors (Lipinski definition) is 5. The molecule has 1 saturated heterocycles.